The van der Waals surface area contributed by atoms with Gasteiger partial charge in [0.1, 0.15) is 10.8 Å². The number of rotatable bonds is 1. The molecular weight excluding hydrogens is 266 g/mol. The van der Waals surface area contributed by atoms with Gasteiger partial charge in [-0.2, -0.15) is 0 Å². The van der Waals surface area contributed by atoms with E-state index in [1.807, 2.05) is 0 Å². The summed E-state index contributed by atoms with van der Waals surface area (Å²) in [5.74, 6) is 5.49. The van der Waals surface area contributed by atoms with Crippen LogP contribution in [-0.2, 0) is 4.74 Å². The number of carbonyl (C=O) groups is 1. The third kappa shape index (κ3) is 5.49. The molecule has 1 amide bonds. The fraction of sp³-hybridized carbons (Fsp3) is 0.385. The molecule has 0 radical (unpaired) electrons. The van der Waals surface area contributed by atoms with E-state index < -0.39 is 11.7 Å². The average Bonchev–Trinajstić information content (AvgIpc) is 2.25. The number of amides is 1. The van der Waals surface area contributed by atoms with Crippen LogP contribution >= 0.6 is 11.6 Å². The summed E-state index contributed by atoms with van der Waals surface area (Å²) in [5.41, 5.74) is 6.08. The highest BCUT2D eigenvalue weighted by Crippen LogP contribution is 2.17. The van der Waals surface area contributed by atoms with Crippen LogP contribution in [0.3, 0.4) is 0 Å². The van der Waals surface area contributed by atoms with Gasteiger partial charge in [0.15, 0.2) is 0 Å². The zero-order chi connectivity index (χ0) is 14.5. The zero-order valence-electron chi connectivity index (χ0n) is 11.1. The van der Waals surface area contributed by atoms with Gasteiger partial charge < -0.3 is 15.8 Å². The van der Waals surface area contributed by atoms with Gasteiger partial charge in [0.2, 0.25) is 0 Å². The number of hydrogen-bond donors (Lipinski definition) is 2. The van der Waals surface area contributed by atoms with Crippen molar-refractivity contribution in [1.29, 1.82) is 0 Å². The largest absolute Gasteiger partial charge is 0.444 e. The molecule has 19 heavy (non-hydrogen) atoms. The average molecular weight is 282 g/mol. The second kappa shape index (κ2) is 6.30. The maximum absolute atomic E-state index is 11.3. The molecule has 0 aliphatic carbocycles. The summed E-state index contributed by atoms with van der Waals surface area (Å²) in [6.07, 6.45) is 0.981. The smallest absolute Gasteiger partial charge is 0.408 e. The SMILES string of the molecule is CC(C)(C)OC(=O)NCC#Cc1c(N)ccnc1Cl. The molecule has 3 N–H and O–H groups in total. The highest BCUT2D eigenvalue weighted by atomic mass is 35.5. The first-order chi connectivity index (χ1) is 8.79. The van der Waals surface area contributed by atoms with Crippen LogP contribution < -0.4 is 11.1 Å². The summed E-state index contributed by atoms with van der Waals surface area (Å²) in [7, 11) is 0. The van der Waals surface area contributed by atoms with E-state index in [9.17, 15) is 4.79 Å². The Balaban J connectivity index is 2.55. The molecule has 1 aromatic rings. The van der Waals surface area contributed by atoms with E-state index in [1.165, 1.54) is 6.20 Å². The van der Waals surface area contributed by atoms with Gasteiger partial charge in [-0.1, -0.05) is 23.4 Å². The number of nitrogens with one attached hydrogen (secondary N) is 1. The fourth-order valence-corrected chi connectivity index (χ4v) is 1.35. The molecule has 0 atom stereocenters. The molecule has 0 bridgehead atoms. The minimum atomic E-state index is -0.533. The van der Waals surface area contributed by atoms with Crippen LogP contribution in [0.5, 0.6) is 0 Å². The van der Waals surface area contributed by atoms with Crippen molar-refractivity contribution in [3.05, 3.63) is 23.0 Å². The molecule has 0 fully saturated rings. The molecule has 0 aliphatic rings. The molecule has 1 aromatic heterocycles. The van der Waals surface area contributed by atoms with Crippen molar-refractivity contribution in [1.82, 2.24) is 10.3 Å². The van der Waals surface area contributed by atoms with Gasteiger partial charge in [-0.25, -0.2) is 9.78 Å². The molecule has 0 saturated carbocycles. The highest BCUT2D eigenvalue weighted by Gasteiger charge is 2.15. The Morgan fingerprint density at radius 3 is 2.84 bits per heavy atom. The van der Waals surface area contributed by atoms with Gasteiger partial charge in [-0.3, -0.25) is 0 Å². The van der Waals surface area contributed by atoms with Crippen molar-refractivity contribution in [2.75, 3.05) is 12.3 Å². The first-order valence-corrected chi connectivity index (χ1v) is 6.03. The molecule has 0 unspecified atom stereocenters. The van der Waals surface area contributed by atoms with Crippen LogP contribution in [0.15, 0.2) is 12.3 Å². The van der Waals surface area contributed by atoms with Crippen molar-refractivity contribution in [3.8, 4) is 11.8 Å². The molecular formula is C13H16ClN3O2. The van der Waals surface area contributed by atoms with E-state index in [2.05, 4.69) is 22.1 Å². The van der Waals surface area contributed by atoms with Crippen LogP contribution in [0.1, 0.15) is 26.3 Å². The third-order valence-electron chi connectivity index (χ3n) is 1.87. The molecule has 1 heterocycles. The number of hydrogen-bond acceptors (Lipinski definition) is 4. The minimum Gasteiger partial charge on any atom is -0.444 e. The second-order valence-corrected chi connectivity index (χ2v) is 5.08. The molecule has 0 aliphatic heterocycles. The number of aromatic nitrogens is 1. The summed E-state index contributed by atoms with van der Waals surface area (Å²) >= 11 is 5.85. The maximum atomic E-state index is 11.3. The number of pyridine rings is 1. The molecule has 102 valence electrons. The van der Waals surface area contributed by atoms with Crippen LogP contribution in [0.4, 0.5) is 10.5 Å². The molecule has 0 aromatic carbocycles. The molecule has 0 spiro atoms. The quantitative estimate of drug-likeness (QED) is 0.611. The summed E-state index contributed by atoms with van der Waals surface area (Å²) < 4.78 is 5.06. The van der Waals surface area contributed by atoms with E-state index in [1.54, 1.807) is 26.8 Å². The number of ether oxygens (including phenoxy) is 1. The highest BCUT2D eigenvalue weighted by molar-refractivity contribution is 6.30. The van der Waals surface area contributed by atoms with Crippen LogP contribution in [0.25, 0.3) is 0 Å². The van der Waals surface area contributed by atoms with Gasteiger partial charge >= 0.3 is 6.09 Å². The van der Waals surface area contributed by atoms with E-state index in [0.717, 1.165) is 0 Å². The van der Waals surface area contributed by atoms with Gasteiger partial charge in [0.25, 0.3) is 0 Å². The van der Waals surface area contributed by atoms with E-state index in [4.69, 9.17) is 22.1 Å². The van der Waals surface area contributed by atoms with Crippen LogP contribution in [0, 0.1) is 11.8 Å². The van der Waals surface area contributed by atoms with Gasteiger partial charge in [-0.05, 0) is 26.8 Å². The predicted molar refractivity (Wildman–Crippen MR) is 74.8 cm³/mol. The normalized spacial score (nSPS) is 10.3. The Kier molecular flexibility index (Phi) is 5.02. The second-order valence-electron chi connectivity index (χ2n) is 4.72. The Hall–Kier alpha value is -1.93. The topological polar surface area (TPSA) is 77.2 Å². The first kappa shape index (κ1) is 15.1. The Labute approximate surface area is 117 Å². The number of nitrogen functional groups attached to an aromatic ring is 1. The lowest BCUT2D eigenvalue weighted by Gasteiger charge is -2.19. The van der Waals surface area contributed by atoms with Gasteiger partial charge in [-0.15, -0.1) is 0 Å². The van der Waals surface area contributed by atoms with Crippen molar-refractivity contribution in [3.63, 3.8) is 0 Å². The van der Waals surface area contributed by atoms with Crippen molar-refractivity contribution in [2.24, 2.45) is 0 Å². The van der Waals surface area contributed by atoms with Crippen molar-refractivity contribution >= 4 is 23.4 Å². The first-order valence-electron chi connectivity index (χ1n) is 5.65. The summed E-state index contributed by atoms with van der Waals surface area (Å²) in [4.78, 5) is 15.2. The number of halogens is 1. The van der Waals surface area contributed by atoms with Crippen molar-refractivity contribution in [2.45, 2.75) is 26.4 Å². The molecule has 6 heteroatoms. The summed E-state index contributed by atoms with van der Waals surface area (Å²) in [5, 5.41) is 2.75. The predicted octanol–water partition coefficient (Wildman–Crippen LogP) is 2.19. The lowest BCUT2D eigenvalue weighted by Crippen LogP contribution is -2.32. The summed E-state index contributed by atoms with van der Waals surface area (Å²) in [6.45, 7) is 5.50. The van der Waals surface area contributed by atoms with E-state index in [-0.39, 0.29) is 11.7 Å². The van der Waals surface area contributed by atoms with Crippen LogP contribution in [-0.4, -0.2) is 23.2 Å². The molecule has 0 saturated heterocycles. The van der Waals surface area contributed by atoms with Crippen molar-refractivity contribution < 1.29 is 9.53 Å². The Morgan fingerprint density at radius 2 is 2.26 bits per heavy atom. The monoisotopic (exact) mass is 281 g/mol. The minimum absolute atomic E-state index is 0.138. The fourth-order valence-electron chi connectivity index (χ4n) is 1.14. The Bertz CT molecular complexity index is 507. The Morgan fingerprint density at radius 1 is 1.58 bits per heavy atom. The standard InChI is InChI=1S/C13H16ClN3O2/c1-13(2,3)19-12(18)17-7-4-5-9-10(15)6-8-16-11(9)14/h6,8H,7H2,1-3H3,(H2,15,16)(H,17,18). The molecule has 5 nitrogen and oxygen atoms in total. The van der Waals surface area contributed by atoms with E-state index in [0.29, 0.717) is 11.3 Å². The van der Waals surface area contributed by atoms with Gasteiger partial charge in [0.05, 0.1) is 17.8 Å². The zero-order valence-corrected chi connectivity index (χ0v) is 11.8. The lowest BCUT2D eigenvalue weighted by molar-refractivity contribution is 0.0535. The summed E-state index contributed by atoms with van der Waals surface area (Å²) in [6, 6.07) is 1.61. The number of alkyl carbamates (subject to hydrolysis) is 1. The van der Waals surface area contributed by atoms with Crippen LogP contribution in [0.2, 0.25) is 5.15 Å². The van der Waals surface area contributed by atoms with E-state index >= 15 is 0 Å². The number of anilines is 1. The lowest BCUT2D eigenvalue weighted by atomic mass is 10.2. The number of carbonyl (C=O) groups excluding carboxylic acids is 1. The molecule has 1 rings (SSSR count). The van der Waals surface area contributed by atoms with Gasteiger partial charge in [0, 0.05) is 6.20 Å². The number of nitrogens with two attached hydrogens (primary N) is 1. The maximum Gasteiger partial charge on any atom is 0.408 e. The number of nitrogens with zero attached hydrogens (tertiary/aromatic N) is 1. The third-order valence-corrected chi connectivity index (χ3v) is 2.16.